The second-order valence-corrected chi connectivity index (χ2v) is 6.05. The van der Waals surface area contributed by atoms with Crippen molar-refractivity contribution in [1.29, 1.82) is 0 Å². The lowest BCUT2D eigenvalue weighted by Gasteiger charge is -2.06. The number of nitrogens with zero attached hydrogens (tertiary/aromatic N) is 2. The summed E-state index contributed by atoms with van der Waals surface area (Å²) in [6, 6.07) is 18.2. The van der Waals surface area contributed by atoms with Crippen LogP contribution in [0.3, 0.4) is 0 Å². The summed E-state index contributed by atoms with van der Waals surface area (Å²) in [5.74, 6) is 0. The zero-order valence-electron chi connectivity index (χ0n) is 13.4. The molecule has 0 radical (unpaired) electrons. The Labute approximate surface area is 139 Å². The average Bonchev–Trinajstić information content (AvgIpc) is 2.94. The van der Waals surface area contributed by atoms with Crippen LogP contribution in [0.5, 0.6) is 0 Å². The molecule has 0 aliphatic rings. The first-order valence-electron chi connectivity index (χ1n) is 8.33. The highest BCUT2D eigenvalue weighted by Crippen LogP contribution is 2.18. The molecule has 0 saturated heterocycles. The van der Waals surface area contributed by atoms with Crippen LogP contribution in [-0.4, -0.2) is 14.5 Å². The second kappa shape index (κ2) is 6.32. The number of pyridine rings is 1. The number of hydrogen-bond donors (Lipinski definition) is 1. The summed E-state index contributed by atoms with van der Waals surface area (Å²) < 4.78 is 1.83. The van der Waals surface area contributed by atoms with Gasteiger partial charge in [-0.3, -0.25) is 9.55 Å². The fourth-order valence-corrected chi connectivity index (χ4v) is 3.28. The van der Waals surface area contributed by atoms with Crippen molar-refractivity contribution >= 4 is 21.9 Å². The minimum atomic E-state index is -0.0250. The molecule has 0 atom stereocenters. The Morgan fingerprint density at radius 1 is 0.958 bits per heavy atom. The molecule has 4 rings (SSSR count). The number of aromatic nitrogens is 3. The zero-order chi connectivity index (χ0) is 16.4. The second-order valence-electron chi connectivity index (χ2n) is 6.05. The summed E-state index contributed by atoms with van der Waals surface area (Å²) in [5.41, 5.74) is 4.22. The van der Waals surface area contributed by atoms with E-state index in [9.17, 15) is 4.79 Å². The number of benzene rings is 2. The van der Waals surface area contributed by atoms with E-state index in [2.05, 4.69) is 34.2 Å². The van der Waals surface area contributed by atoms with Crippen molar-refractivity contribution in [3.8, 4) is 0 Å². The highest BCUT2D eigenvalue weighted by atomic mass is 16.1. The molecule has 0 spiro atoms. The van der Waals surface area contributed by atoms with Gasteiger partial charge >= 0.3 is 5.69 Å². The molecule has 1 N–H and O–H groups in total. The van der Waals surface area contributed by atoms with Gasteiger partial charge in [-0.2, -0.15) is 0 Å². The summed E-state index contributed by atoms with van der Waals surface area (Å²) in [5, 5.41) is 1.18. The molecule has 4 aromatic rings. The number of imidazole rings is 1. The van der Waals surface area contributed by atoms with Gasteiger partial charge in [-0.05, 0) is 43.0 Å². The van der Waals surface area contributed by atoms with Gasteiger partial charge in [0.2, 0.25) is 0 Å². The van der Waals surface area contributed by atoms with Crippen LogP contribution in [0.2, 0.25) is 0 Å². The summed E-state index contributed by atoms with van der Waals surface area (Å²) in [7, 11) is 0. The molecule has 2 aromatic carbocycles. The number of para-hydroxylation sites is 3. The maximum Gasteiger partial charge on any atom is 0.326 e. The minimum Gasteiger partial charge on any atom is -0.306 e. The number of H-pyrrole nitrogens is 1. The van der Waals surface area contributed by atoms with Crippen LogP contribution in [-0.2, 0) is 13.0 Å². The van der Waals surface area contributed by atoms with E-state index < -0.39 is 0 Å². The highest BCUT2D eigenvalue weighted by molar-refractivity contribution is 5.81. The predicted octanol–water partition coefficient (Wildman–Crippen LogP) is 3.90. The normalized spacial score (nSPS) is 11.3. The molecule has 0 saturated carbocycles. The van der Waals surface area contributed by atoms with Gasteiger partial charge in [-0.1, -0.05) is 36.4 Å². The van der Waals surface area contributed by atoms with E-state index in [1.54, 1.807) is 0 Å². The van der Waals surface area contributed by atoms with E-state index in [1.807, 2.05) is 41.1 Å². The van der Waals surface area contributed by atoms with Gasteiger partial charge in [0.25, 0.3) is 0 Å². The molecule has 24 heavy (non-hydrogen) atoms. The molecular weight excluding hydrogens is 298 g/mol. The van der Waals surface area contributed by atoms with Crippen LogP contribution < -0.4 is 5.69 Å². The van der Waals surface area contributed by atoms with Gasteiger partial charge in [0.1, 0.15) is 0 Å². The molecule has 4 heteroatoms. The number of aryl methyl sites for hydroxylation is 2. The Bertz CT molecular complexity index is 1040. The van der Waals surface area contributed by atoms with Crippen molar-refractivity contribution in [2.45, 2.75) is 25.8 Å². The number of fused-ring (bicyclic) bond motifs is 2. The van der Waals surface area contributed by atoms with E-state index in [4.69, 9.17) is 0 Å². The summed E-state index contributed by atoms with van der Waals surface area (Å²) >= 11 is 0. The summed E-state index contributed by atoms with van der Waals surface area (Å²) in [6.07, 6.45) is 4.81. The summed E-state index contributed by atoms with van der Waals surface area (Å²) in [4.78, 5) is 19.5. The molecule has 0 bridgehead atoms. The van der Waals surface area contributed by atoms with Crippen LogP contribution in [0.15, 0.2) is 65.6 Å². The lowest BCUT2D eigenvalue weighted by Crippen LogP contribution is -2.16. The van der Waals surface area contributed by atoms with Crippen molar-refractivity contribution < 1.29 is 0 Å². The van der Waals surface area contributed by atoms with E-state index >= 15 is 0 Å². The third-order valence-electron chi connectivity index (χ3n) is 4.48. The molecule has 0 aliphatic heterocycles. The van der Waals surface area contributed by atoms with Crippen molar-refractivity contribution in [3.63, 3.8) is 0 Å². The van der Waals surface area contributed by atoms with E-state index in [1.165, 1.54) is 10.9 Å². The van der Waals surface area contributed by atoms with Crippen LogP contribution in [0.1, 0.15) is 18.4 Å². The molecule has 2 heterocycles. The van der Waals surface area contributed by atoms with Crippen molar-refractivity contribution in [2.75, 3.05) is 0 Å². The Morgan fingerprint density at radius 2 is 1.83 bits per heavy atom. The third kappa shape index (κ3) is 2.71. The SMILES string of the molecule is O=c1[nH]c2ccccc2n1CCCCc1cccc2cccnc12. The van der Waals surface area contributed by atoms with Gasteiger partial charge in [0.15, 0.2) is 0 Å². The maximum absolute atomic E-state index is 12.1. The van der Waals surface area contributed by atoms with Crippen molar-refractivity contribution in [1.82, 2.24) is 14.5 Å². The number of unbranched alkanes of at least 4 members (excludes halogenated alkanes) is 1. The molecule has 120 valence electrons. The summed E-state index contributed by atoms with van der Waals surface area (Å²) in [6.45, 7) is 0.737. The Hall–Kier alpha value is -2.88. The Kier molecular flexibility index (Phi) is 3.87. The smallest absolute Gasteiger partial charge is 0.306 e. The van der Waals surface area contributed by atoms with Gasteiger partial charge in [0, 0.05) is 18.1 Å². The van der Waals surface area contributed by atoms with Crippen LogP contribution in [0.25, 0.3) is 21.9 Å². The largest absolute Gasteiger partial charge is 0.326 e. The number of hydrogen-bond acceptors (Lipinski definition) is 2. The fourth-order valence-electron chi connectivity index (χ4n) is 3.28. The highest BCUT2D eigenvalue weighted by Gasteiger charge is 2.06. The van der Waals surface area contributed by atoms with Crippen molar-refractivity contribution in [3.05, 3.63) is 76.8 Å². The average molecular weight is 317 g/mol. The van der Waals surface area contributed by atoms with Crippen LogP contribution >= 0.6 is 0 Å². The number of rotatable bonds is 5. The number of aromatic amines is 1. The van der Waals surface area contributed by atoms with Gasteiger partial charge in [0.05, 0.1) is 16.6 Å². The Balaban J connectivity index is 1.46. The maximum atomic E-state index is 12.1. The topological polar surface area (TPSA) is 50.7 Å². The van der Waals surface area contributed by atoms with Gasteiger partial charge < -0.3 is 4.98 Å². The monoisotopic (exact) mass is 317 g/mol. The first-order chi connectivity index (χ1) is 11.8. The third-order valence-corrected chi connectivity index (χ3v) is 4.48. The van der Waals surface area contributed by atoms with E-state index in [-0.39, 0.29) is 5.69 Å². The molecule has 2 aromatic heterocycles. The lowest BCUT2D eigenvalue weighted by molar-refractivity contribution is 0.608. The quantitative estimate of drug-likeness (QED) is 0.568. The van der Waals surface area contributed by atoms with Gasteiger partial charge in [-0.15, -0.1) is 0 Å². The molecule has 0 amide bonds. The predicted molar refractivity (Wildman–Crippen MR) is 97.2 cm³/mol. The lowest BCUT2D eigenvalue weighted by atomic mass is 10.0. The van der Waals surface area contributed by atoms with Crippen LogP contribution in [0, 0.1) is 0 Å². The Morgan fingerprint density at radius 3 is 2.79 bits per heavy atom. The van der Waals surface area contributed by atoms with E-state index in [0.717, 1.165) is 42.4 Å². The molecular formula is C20H19N3O. The molecule has 0 fully saturated rings. The molecule has 0 aliphatic carbocycles. The first kappa shape index (κ1) is 14.7. The van der Waals surface area contributed by atoms with Crippen molar-refractivity contribution in [2.24, 2.45) is 0 Å². The number of nitrogens with one attached hydrogen (secondary N) is 1. The first-order valence-corrected chi connectivity index (χ1v) is 8.33. The van der Waals surface area contributed by atoms with E-state index in [0.29, 0.717) is 0 Å². The molecule has 0 unspecified atom stereocenters. The minimum absolute atomic E-state index is 0.0250. The zero-order valence-corrected chi connectivity index (χ0v) is 13.4. The fraction of sp³-hybridized carbons (Fsp3) is 0.200. The standard InChI is InChI=1S/C20H19N3O/c24-20-22-17-11-1-2-12-18(17)23(20)14-4-3-7-15-8-5-9-16-10-6-13-21-19(15)16/h1-2,5-6,8-13H,3-4,7,14H2,(H,22,24). The van der Waals surface area contributed by atoms with Gasteiger partial charge in [-0.25, -0.2) is 4.79 Å². The van der Waals surface area contributed by atoms with Crippen LogP contribution in [0.4, 0.5) is 0 Å². The molecule has 4 nitrogen and oxygen atoms in total.